The normalized spacial score (nSPS) is 24.6. The second kappa shape index (κ2) is 7.63. The van der Waals surface area contributed by atoms with Crippen LogP contribution >= 0.6 is 11.6 Å². The minimum atomic E-state index is -0.328. The van der Waals surface area contributed by atoms with Gasteiger partial charge in [0.25, 0.3) is 5.91 Å². The highest BCUT2D eigenvalue weighted by atomic mass is 35.5. The SMILES string of the molecule is C[C@H]1[C@@H](NC(=O)CNC(=O)c2ccccc2Cl)CCC[C@@H]1C. The molecule has 1 aliphatic rings. The molecule has 0 saturated heterocycles. The van der Waals surface area contributed by atoms with E-state index in [0.29, 0.717) is 22.4 Å². The first kappa shape index (κ1) is 16.8. The third-order valence-corrected chi connectivity index (χ3v) is 4.91. The largest absolute Gasteiger partial charge is 0.352 e. The summed E-state index contributed by atoms with van der Waals surface area (Å²) < 4.78 is 0. The fraction of sp³-hybridized carbons (Fsp3) is 0.529. The quantitative estimate of drug-likeness (QED) is 0.895. The Hall–Kier alpha value is -1.55. The fourth-order valence-electron chi connectivity index (χ4n) is 2.94. The van der Waals surface area contributed by atoms with Gasteiger partial charge in [-0.15, -0.1) is 0 Å². The van der Waals surface area contributed by atoms with Crippen molar-refractivity contribution >= 4 is 23.4 Å². The summed E-state index contributed by atoms with van der Waals surface area (Å²) in [5.74, 6) is 0.617. The maximum atomic E-state index is 12.0. The van der Waals surface area contributed by atoms with Crippen LogP contribution in [0.3, 0.4) is 0 Å². The number of hydrogen-bond acceptors (Lipinski definition) is 2. The van der Waals surface area contributed by atoms with E-state index in [1.54, 1.807) is 24.3 Å². The zero-order valence-electron chi connectivity index (χ0n) is 13.1. The molecule has 120 valence electrons. The van der Waals surface area contributed by atoms with Gasteiger partial charge >= 0.3 is 0 Å². The van der Waals surface area contributed by atoms with Gasteiger partial charge in [-0.3, -0.25) is 9.59 Å². The average Bonchev–Trinajstić information content (AvgIpc) is 2.50. The molecule has 0 unspecified atom stereocenters. The van der Waals surface area contributed by atoms with Crippen LogP contribution in [0.2, 0.25) is 5.02 Å². The van der Waals surface area contributed by atoms with Gasteiger partial charge in [0.05, 0.1) is 17.1 Å². The van der Waals surface area contributed by atoms with Crippen LogP contribution in [0.15, 0.2) is 24.3 Å². The van der Waals surface area contributed by atoms with Crippen LogP contribution in [0.5, 0.6) is 0 Å². The molecule has 0 heterocycles. The lowest BCUT2D eigenvalue weighted by Crippen LogP contribution is -2.47. The van der Waals surface area contributed by atoms with E-state index in [4.69, 9.17) is 11.6 Å². The summed E-state index contributed by atoms with van der Waals surface area (Å²) in [6, 6.07) is 7.00. The first-order valence-electron chi connectivity index (χ1n) is 7.81. The standard InChI is InChI=1S/C17H23ClN2O2/c1-11-6-5-9-15(12(11)2)20-16(21)10-19-17(22)13-7-3-4-8-14(13)18/h3-4,7-8,11-12,15H,5-6,9-10H2,1-2H3,(H,19,22)(H,20,21)/t11-,12+,15-/m0/s1. The van der Waals surface area contributed by atoms with Crippen molar-refractivity contribution in [3.8, 4) is 0 Å². The molecule has 3 atom stereocenters. The fourth-order valence-corrected chi connectivity index (χ4v) is 3.17. The Morgan fingerprint density at radius 1 is 1.23 bits per heavy atom. The lowest BCUT2D eigenvalue weighted by atomic mass is 9.78. The molecule has 0 radical (unpaired) electrons. The minimum absolute atomic E-state index is 0.0261. The number of nitrogens with one attached hydrogen (secondary N) is 2. The molecule has 1 saturated carbocycles. The molecule has 2 N–H and O–H groups in total. The molecule has 5 heteroatoms. The summed E-state index contributed by atoms with van der Waals surface area (Å²) >= 11 is 5.96. The smallest absolute Gasteiger partial charge is 0.253 e. The summed E-state index contributed by atoms with van der Waals surface area (Å²) in [6.07, 6.45) is 3.37. The number of carbonyl (C=O) groups is 2. The van der Waals surface area contributed by atoms with Crippen molar-refractivity contribution in [1.29, 1.82) is 0 Å². The zero-order chi connectivity index (χ0) is 16.1. The second-order valence-electron chi connectivity index (χ2n) is 6.10. The van der Waals surface area contributed by atoms with E-state index in [9.17, 15) is 9.59 Å². The summed E-state index contributed by atoms with van der Waals surface area (Å²) in [5, 5.41) is 6.04. The Kier molecular flexibility index (Phi) is 5.83. The van der Waals surface area contributed by atoms with E-state index in [1.807, 2.05) is 0 Å². The van der Waals surface area contributed by atoms with Crippen LogP contribution in [-0.4, -0.2) is 24.4 Å². The van der Waals surface area contributed by atoms with E-state index in [-0.39, 0.29) is 24.4 Å². The van der Waals surface area contributed by atoms with Gasteiger partial charge in [-0.25, -0.2) is 0 Å². The van der Waals surface area contributed by atoms with Crippen molar-refractivity contribution in [2.75, 3.05) is 6.54 Å². The maximum absolute atomic E-state index is 12.0. The molecular formula is C17H23ClN2O2. The van der Waals surface area contributed by atoms with Gasteiger partial charge in [-0.05, 0) is 30.4 Å². The van der Waals surface area contributed by atoms with Gasteiger partial charge in [-0.1, -0.05) is 50.4 Å². The van der Waals surface area contributed by atoms with Gasteiger partial charge in [0.2, 0.25) is 5.91 Å². The molecular weight excluding hydrogens is 300 g/mol. The number of rotatable bonds is 4. The highest BCUT2D eigenvalue weighted by Gasteiger charge is 2.28. The Morgan fingerprint density at radius 2 is 1.95 bits per heavy atom. The Balaban J connectivity index is 1.83. The molecule has 4 nitrogen and oxygen atoms in total. The molecule has 0 aliphatic heterocycles. The third kappa shape index (κ3) is 4.23. The first-order chi connectivity index (χ1) is 10.5. The highest BCUT2D eigenvalue weighted by molar-refractivity contribution is 6.33. The molecule has 22 heavy (non-hydrogen) atoms. The van der Waals surface area contributed by atoms with Crippen molar-refractivity contribution < 1.29 is 9.59 Å². The van der Waals surface area contributed by atoms with E-state index < -0.39 is 0 Å². The lowest BCUT2D eigenvalue weighted by Gasteiger charge is -2.34. The van der Waals surface area contributed by atoms with Gasteiger partial charge in [0.1, 0.15) is 0 Å². The van der Waals surface area contributed by atoms with Crippen LogP contribution in [0, 0.1) is 11.8 Å². The number of hydrogen-bond donors (Lipinski definition) is 2. The first-order valence-corrected chi connectivity index (χ1v) is 8.19. The van der Waals surface area contributed by atoms with E-state index in [0.717, 1.165) is 12.8 Å². The number of carbonyl (C=O) groups excluding carboxylic acids is 2. The lowest BCUT2D eigenvalue weighted by molar-refractivity contribution is -0.121. The van der Waals surface area contributed by atoms with Crippen molar-refractivity contribution in [1.82, 2.24) is 10.6 Å². The van der Waals surface area contributed by atoms with Crippen molar-refractivity contribution in [3.05, 3.63) is 34.9 Å². The van der Waals surface area contributed by atoms with Crippen LogP contribution in [0.4, 0.5) is 0 Å². The summed E-state index contributed by atoms with van der Waals surface area (Å²) in [4.78, 5) is 24.0. The third-order valence-electron chi connectivity index (χ3n) is 4.58. The van der Waals surface area contributed by atoms with Crippen molar-refractivity contribution in [2.45, 2.75) is 39.2 Å². The molecule has 1 aromatic rings. The summed E-state index contributed by atoms with van der Waals surface area (Å²) in [7, 11) is 0. The summed E-state index contributed by atoms with van der Waals surface area (Å²) in [6.45, 7) is 4.38. The van der Waals surface area contributed by atoms with Crippen LogP contribution in [0.25, 0.3) is 0 Å². The number of halogens is 1. The minimum Gasteiger partial charge on any atom is -0.352 e. The van der Waals surface area contributed by atoms with Crippen molar-refractivity contribution in [2.24, 2.45) is 11.8 Å². The maximum Gasteiger partial charge on any atom is 0.253 e. The Labute approximate surface area is 136 Å². The van der Waals surface area contributed by atoms with Gasteiger partial charge in [-0.2, -0.15) is 0 Å². The topological polar surface area (TPSA) is 58.2 Å². The molecule has 2 rings (SSSR count). The van der Waals surface area contributed by atoms with E-state index in [1.165, 1.54) is 6.42 Å². The van der Waals surface area contributed by atoms with Gasteiger partial charge < -0.3 is 10.6 Å². The van der Waals surface area contributed by atoms with Crippen LogP contribution in [-0.2, 0) is 4.79 Å². The van der Waals surface area contributed by atoms with Crippen molar-refractivity contribution in [3.63, 3.8) is 0 Å². The molecule has 0 aromatic heterocycles. The monoisotopic (exact) mass is 322 g/mol. The molecule has 2 amide bonds. The molecule has 1 aliphatic carbocycles. The molecule has 0 bridgehead atoms. The van der Waals surface area contributed by atoms with Gasteiger partial charge in [0, 0.05) is 6.04 Å². The van der Waals surface area contributed by atoms with Crippen LogP contribution in [0.1, 0.15) is 43.5 Å². The predicted molar refractivity (Wildman–Crippen MR) is 87.9 cm³/mol. The molecule has 0 spiro atoms. The second-order valence-corrected chi connectivity index (χ2v) is 6.51. The average molecular weight is 323 g/mol. The highest BCUT2D eigenvalue weighted by Crippen LogP contribution is 2.29. The Morgan fingerprint density at radius 3 is 2.68 bits per heavy atom. The van der Waals surface area contributed by atoms with Gasteiger partial charge in [0.15, 0.2) is 0 Å². The van der Waals surface area contributed by atoms with E-state index in [2.05, 4.69) is 24.5 Å². The van der Waals surface area contributed by atoms with Crippen LogP contribution < -0.4 is 10.6 Å². The van der Waals surface area contributed by atoms with E-state index >= 15 is 0 Å². The Bertz CT molecular complexity index is 547. The summed E-state index contributed by atoms with van der Waals surface area (Å²) in [5.41, 5.74) is 0.386. The number of benzene rings is 1. The number of amides is 2. The predicted octanol–water partition coefficient (Wildman–Crippen LogP) is 3.01. The molecule has 1 fully saturated rings. The molecule has 1 aromatic carbocycles. The zero-order valence-corrected chi connectivity index (χ0v) is 13.8.